The van der Waals surface area contributed by atoms with Crippen LogP contribution in [-0.4, -0.2) is 62.0 Å². The summed E-state index contributed by atoms with van der Waals surface area (Å²) in [5.41, 5.74) is 4.45. The molecule has 1 aliphatic heterocycles. The molecule has 3 aromatic rings. The Hall–Kier alpha value is -4.12. The molecule has 4 rings (SSSR count). The van der Waals surface area contributed by atoms with Crippen molar-refractivity contribution < 1.29 is 28.5 Å². The smallest absolute Gasteiger partial charge is 0.341 e. The van der Waals surface area contributed by atoms with Gasteiger partial charge in [0.1, 0.15) is 23.9 Å². The SMILES string of the molecule is Cc1cc(OC/C=C(\c2ccc(F)cc2)c2ccc(C#CCN3CCOCC3)cc2)ccc1OCC(=O)O. The summed E-state index contributed by atoms with van der Waals surface area (Å²) < 4.78 is 30.2. The van der Waals surface area contributed by atoms with Gasteiger partial charge in [0.25, 0.3) is 0 Å². The summed E-state index contributed by atoms with van der Waals surface area (Å²) >= 11 is 0. The highest BCUT2D eigenvalue weighted by Gasteiger charge is 2.09. The Morgan fingerprint density at radius 1 is 1.03 bits per heavy atom. The van der Waals surface area contributed by atoms with Gasteiger partial charge in [0.15, 0.2) is 6.61 Å². The summed E-state index contributed by atoms with van der Waals surface area (Å²) in [5.74, 6) is 6.26. The molecule has 0 bridgehead atoms. The first-order chi connectivity index (χ1) is 18.5. The second-order valence-electron chi connectivity index (χ2n) is 8.81. The number of rotatable bonds is 9. The van der Waals surface area contributed by atoms with Crippen LogP contribution in [0.3, 0.4) is 0 Å². The molecule has 0 aromatic heterocycles. The second kappa shape index (κ2) is 13.4. The van der Waals surface area contributed by atoms with Crippen molar-refractivity contribution in [3.8, 4) is 23.3 Å². The van der Waals surface area contributed by atoms with E-state index in [-0.39, 0.29) is 12.4 Å². The summed E-state index contributed by atoms with van der Waals surface area (Å²) in [4.78, 5) is 13.0. The summed E-state index contributed by atoms with van der Waals surface area (Å²) in [6.45, 7) is 5.75. The number of carboxylic acids is 1. The van der Waals surface area contributed by atoms with Crippen LogP contribution in [0.2, 0.25) is 0 Å². The molecule has 0 radical (unpaired) electrons. The molecule has 6 nitrogen and oxygen atoms in total. The number of carboxylic acid groups (broad SMARTS) is 1. The number of hydrogen-bond donors (Lipinski definition) is 1. The minimum absolute atomic E-state index is 0.280. The van der Waals surface area contributed by atoms with Gasteiger partial charge in [0.2, 0.25) is 0 Å². The summed E-state index contributed by atoms with van der Waals surface area (Å²) in [6.07, 6.45) is 1.95. The molecule has 0 saturated carbocycles. The molecule has 1 N–H and O–H groups in total. The number of ether oxygens (including phenoxy) is 3. The van der Waals surface area contributed by atoms with E-state index < -0.39 is 12.6 Å². The van der Waals surface area contributed by atoms with E-state index in [1.54, 1.807) is 30.3 Å². The highest BCUT2D eigenvalue weighted by molar-refractivity contribution is 5.80. The van der Waals surface area contributed by atoms with Crippen LogP contribution < -0.4 is 9.47 Å². The zero-order valence-corrected chi connectivity index (χ0v) is 21.3. The number of halogens is 1. The van der Waals surface area contributed by atoms with Crippen LogP contribution in [0.4, 0.5) is 4.39 Å². The molecule has 1 aliphatic rings. The zero-order chi connectivity index (χ0) is 26.7. The second-order valence-corrected chi connectivity index (χ2v) is 8.81. The average molecular weight is 516 g/mol. The standard InChI is InChI=1S/C31H30FNO5/c1-23-21-28(12-13-30(23)38-22-31(34)35)37-18-14-29(26-8-10-27(32)11-9-26)25-6-4-24(5-7-25)3-2-15-33-16-19-36-20-17-33/h4-14,21H,15-20,22H2,1H3,(H,34,35)/b29-14-. The van der Waals surface area contributed by atoms with E-state index in [9.17, 15) is 9.18 Å². The van der Waals surface area contributed by atoms with Crippen molar-refractivity contribution in [1.29, 1.82) is 0 Å². The van der Waals surface area contributed by atoms with Crippen molar-refractivity contribution in [1.82, 2.24) is 4.90 Å². The largest absolute Gasteiger partial charge is 0.489 e. The van der Waals surface area contributed by atoms with Gasteiger partial charge in [-0.15, -0.1) is 0 Å². The first-order valence-corrected chi connectivity index (χ1v) is 12.4. The van der Waals surface area contributed by atoms with Gasteiger partial charge in [-0.25, -0.2) is 9.18 Å². The lowest BCUT2D eigenvalue weighted by atomic mass is 9.96. The Balaban J connectivity index is 1.46. The lowest BCUT2D eigenvalue weighted by Crippen LogP contribution is -2.36. The number of carbonyl (C=O) groups is 1. The van der Waals surface area contributed by atoms with Gasteiger partial charge in [-0.3, -0.25) is 4.90 Å². The molecule has 1 fully saturated rings. The van der Waals surface area contributed by atoms with E-state index in [0.717, 1.165) is 60.7 Å². The monoisotopic (exact) mass is 515 g/mol. The van der Waals surface area contributed by atoms with E-state index in [1.165, 1.54) is 12.1 Å². The fraction of sp³-hybridized carbons (Fsp3) is 0.258. The van der Waals surface area contributed by atoms with Gasteiger partial charge in [-0.2, -0.15) is 0 Å². The van der Waals surface area contributed by atoms with Crippen molar-refractivity contribution >= 4 is 11.5 Å². The van der Waals surface area contributed by atoms with Gasteiger partial charge in [-0.1, -0.05) is 36.1 Å². The predicted octanol–water partition coefficient (Wildman–Crippen LogP) is 4.79. The van der Waals surface area contributed by atoms with Crippen LogP contribution >= 0.6 is 0 Å². The molecule has 7 heteroatoms. The number of benzene rings is 3. The molecule has 0 amide bonds. The predicted molar refractivity (Wildman–Crippen MR) is 144 cm³/mol. The van der Waals surface area contributed by atoms with Gasteiger partial charge in [0.05, 0.1) is 19.8 Å². The zero-order valence-electron chi connectivity index (χ0n) is 21.3. The lowest BCUT2D eigenvalue weighted by Gasteiger charge is -2.24. The molecule has 0 spiro atoms. The van der Waals surface area contributed by atoms with E-state index in [2.05, 4.69) is 16.7 Å². The first kappa shape index (κ1) is 26.9. The van der Waals surface area contributed by atoms with Gasteiger partial charge in [0, 0.05) is 18.7 Å². The number of aliphatic carboxylic acids is 1. The van der Waals surface area contributed by atoms with Crippen LogP contribution in [0.25, 0.3) is 5.57 Å². The van der Waals surface area contributed by atoms with Gasteiger partial charge >= 0.3 is 5.97 Å². The quantitative estimate of drug-likeness (QED) is 0.414. The molecule has 1 heterocycles. The van der Waals surface area contributed by atoms with Gasteiger partial charge < -0.3 is 19.3 Å². The Morgan fingerprint density at radius 2 is 1.71 bits per heavy atom. The molecular weight excluding hydrogens is 485 g/mol. The summed E-state index contributed by atoms with van der Waals surface area (Å²) in [7, 11) is 0. The highest BCUT2D eigenvalue weighted by Crippen LogP contribution is 2.26. The lowest BCUT2D eigenvalue weighted by molar-refractivity contribution is -0.139. The number of morpholine rings is 1. The van der Waals surface area contributed by atoms with Crippen LogP contribution in [0, 0.1) is 24.6 Å². The number of aryl methyl sites for hydroxylation is 1. The summed E-state index contributed by atoms with van der Waals surface area (Å²) in [6, 6.07) is 19.6. The van der Waals surface area contributed by atoms with Gasteiger partial charge in [-0.05, 0) is 77.7 Å². The van der Waals surface area contributed by atoms with E-state index >= 15 is 0 Å². The fourth-order valence-electron chi connectivity index (χ4n) is 4.01. The van der Waals surface area contributed by atoms with Crippen LogP contribution in [0.15, 0.2) is 72.8 Å². The molecule has 1 saturated heterocycles. The molecular formula is C31H30FNO5. The minimum Gasteiger partial charge on any atom is -0.489 e. The van der Waals surface area contributed by atoms with E-state index in [0.29, 0.717) is 11.5 Å². The molecule has 196 valence electrons. The fourth-order valence-corrected chi connectivity index (χ4v) is 4.01. The Morgan fingerprint density at radius 3 is 2.37 bits per heavy atom. The molecule has 3 aromatic carbocycles. The first-order valence-electron chi connectivity index (χ1n) is 12.4. The van der Waals surface area contributed by atoms with Crippen LogP contribution in [-0.2, 0) is 9.53 Å². The number of nitrogens with zero attached hydrogens (tertiary/aromatic N) is 1. The summed E-state index contributed by atoms with van der Waals surface area (Å²) in [5, 5.41) is 8.80. The maximum atomic E-state index is 13.6. The molecule has 0 aliphatic carbocycles. The topological polar surface area (TPSA) is 68.2 Å². The van der Waals surface area contributed by atoms with E-state index in [4.69, 9.17) is 19.3 Å². The van der Waals surface area contributed by atoms with Crippen molar-refractivity contribution in [2.75, 3.05) is 46.1 Å². The Bertz CT molecular complexity index is 1320. The minimum atomic E-state index is -1.03. The van der Waals surface area contributed by atoms with Crippen molar-refractivity contribution in [2.45, 2.75) is 6.92 Å². The molecule has 0 unspecified atom stereocenters. The Labute approximate surface area is 222 Å². The van der Waals surface area contributed by atoms with E-state index in [1.807, 2.05) is 37.3 Å². The maximum absolute atomic E-state index is 13.6. The third kappa shape index (κ3) is 7.94. The van der Waals surface area contributed by atoms with Crippen LogP contribution in [0.5, 0.6) is 11.5 Å². The normalized spacial score (nSPS) is 13.9. The maximum Gasteiger partial charge on any atom is 0.341 e. The average Bonchev–Trinajstić information content (AvgIpc) is 2.92. The third-order valence-electron chi connectivity index (χ3n) is 6.03. The highest BCUT2D eigenvalue weighted by atomic mass is 19.1. The number of hydrogen-bond acceptors (Lipinski definition) is 5. The molecule has 0 atom stereocenters. The Kier molecular flexibility index (Phi) is 9.52. The van der Waals surface area contributed by atoms with Crippen molar-refractivity contribution in [2.24, 2.45) is 0 Å². The third-order valence-corrected chi connectivity index (χ3v) is 6.03. The van der Waals surface area contributed by atoms with Crippen molar-refractivity contribution in [3.05, 3.63) is 101 Å². The molecule has 38 heavy (non-hydrogen) atoms. The van der Waals surface area contributed by atoms with Crippen molar-refractivity contribution in [3.63, 3.8) is 0 Å². The van der Waals surface area contributed by atoms with Crippen LogP contribution in [0.1, 0.15) is 22.3 Å².